The van der Waals surface area contributed by atoms with E-state index in [2.05, 4.69) is 0 Å². The first-order valence-corrected chi connectivity index (χ1v) is 5.42. The highest BCUT2D eigenvalue weighted by Gasteiger charge is 2.37. The van der Waals surface area contributed by atoms with E-state index < -0.39 is 0 Å². The second-order valence-electron chi connectivity index (χ2n) is 4.03. The fourth-order valence-electron chi connectivity index (χ4n) is 2.24. The fourth-order valence-corrected chi connectivity index (χ4v) is 2.24. The van der Waals surface area contributed by atoms with Gasteiger partial charge < -0.3 is 9.47 Å². The molecule has 0 N–H and O–H groups in total. The Morgan fingerprint density at radius 2 is 1.94 bits per heavy atom. The number of ether oxygens (including phenoxy) is 2. The summed E-state index contributed by atoms with van der Waals surface area (Å²) in [5.41, 5.74) is 2.12. The fraction of sp³-hybridized carbons (Fsp3) is 0.308. The molecule has 0 saturated carbocycles. The summed E-state index contributed by atoms with van der Waals surface area (Å²) in [6, 6.07) is 9.89. The molecule has 0 amide bonds. The SMILES string of the molecule is O=C1C=C2CCO[C@@H](c3ccccc3)[C@@H]2O1. The second kappa shape index (κ2) is 3.76. The number of carbonyl (C=O) groups excluding carboxylic acids is 1. The average molecular weight is 216 g/mol. The maximum absolute atomic E-state index is 11.2. The standard InChI is InChI=1S/C13H12O3/c14-11-8-10-6-7-15-12(13(10)16-11)9-4-2-1-3-5-9/h1-5,8,12-13H,6-7H2/t12-,13+/m0/s1. The molecule has 82 valence electrons. The van der Waals surface area contributed by atoms with Gasteiger partial charge in [-0.15, -0.1) is 0 Å². The minimum Gasteiger partial charge on any atom is -0.451 e. The molecule has 1 fully saturated rings. The van der Waals surface area contributed by atoms with E-state index in [4.69, 9.17) is 9.47 Å². The van der Waals surface area contributed by atoms with E-state index in [9.17, 15) is 4.79 Å². The van der Waals surface area contributed by atoms with Crippen LogP contribution >= 0.6 is 0 Å². The van der Waals surface area contributed by atoms with Gasteiger partial charge in [-0.3, -0.25) is 0 Å². The van der Waals surface area contributed by atoms with Crippen LogP contribution in [0.4, 0.5) is 0 Å². The molecule has 2 heterocycles. The Kier molecular flexibility index (Phi) is 2.26. The Morgan fingerprint density at radius 1 is 1.12 bits per heavy atom. The predicted octanol–water partition coefficient (Wildman–Crippen LogP) is 2.00. The maximum Gasteiger partial charge on any atom is 0.331 e. The number of esters is 1. The molecule has 1 aromatic carbocycles. The second-order valence-corrected chi connectivity index (χ2v) is 4.03. The Morgan fingerprint density at radius 3 is 2.75 bits per heavy atom. The molecule has 0 bridgehead atoms. The number of carbonyl (C=O) groups is 1. The van der Waals surface area contributed by atoms with Gasteiger partial charge in [0.15, 0.2) is 6.10 Å². The molecular weight excluding hydrogens is 204 g/mol. The first kappa shape index (κ1) is 9.60. The van der Waals surface area contributed by atoms with E-state index in [1.807, 2.05) is 30.3 Å². The van der Waals surface area contributed by atoms with Crippen molar-refractivity contribution in [3.8, 4) is 0 Å². The molecule has 0 unspecified atom stereocenters. The van der Waals surface area contributed by atoms with Crippen molar-refractivity contribution in [2.24, 2.45) is 0 Å². The molecule has 2 aliphatic rings. The van der Waals surface area contributed by atoms with Crippen LogP contribution < -0.4 is 0 Å². The van der Waals surface area contributed by atoms with Crippen molar-refractivity contribution in [1.29, 1.82) is 0 Å². The molecular formula is C13H12O3. The summed E-state index contributed by atoms with van der Waals surface area (Å²) in [6.45, 7) is 0.651. The molecule has 0 radical (unpaired) electrons. The van der Waals surface area contributed by atoms with Crippen molar-refractivity contribution < 1.29 is 14.3 Å². The zero-order valence-electron chi connectivity index (χ0n) is 8.76. The number of hydrogen-bond acceptors (Lipinski definition) is 3. The van der Waals surface area contributed by atoms with E-state index in [-0.39, 0.29) is 18.2 Å². The molecule has 0 aromatic heterocycles. The lowest BCUT2D eigenvalue weighted by molar-refractivity contribution is -0.147. The van der Waals surface area contributed by atoms with Crippen LogP contribution in [0.3, 0.4) is 0 Å². The van der Waals surface area contributed by atoms with Crippen molar-refractivity contribution in [3.63, 3.8) is 0 Å². The van der Waals surface area contributed by atoms with Gasteiger partial charge in [-0.2, -0.15) is 0 Å². The minimum atomic E-state index is -0.244. The Balaban J connectivity index is 1.92. The third-order valence-electron chi connectivity index (χ3n) is 3.00. The Hall–Kier alpha value is -1.61. The topological polar surface area (TPSA) is 35.5 Å². The average Bonchev–Trinajstić information content (AvgIpc) is 2.70. The lowest BCUT2D eigenvalue weighted by Crippen LogP contribution is -2.29. The molecule has 16 heavy (non-hydrogen) atoms. The number of benzene rings is 1. The van der Waals surface area contributed by atoms with Gasteiger partial charge >= 0.3 is 5.97 Å². The molecule has 3 rings (SSSR count). The van der Waals surface area contributed by atoms with E-state index in [0.29, 0.717) is 6.61 Å². The third kappa shape index (κ3) is 1.53. The normalized spacial score (nSPS) is 28.2. The Labute approximate surface area is 93.7 Å². The monoisotopic (exact) mass is 216 g/mol. The summed E-state index contributed by atoms with van der Waals surface area (Å²) < 4.78 is 11.0. The lowest BCUT2D eigenvalue weighted by atomic mass is 9.95. The largest absolute Gasteiger partial charge is 0.451 e. The van der Waals surface area contributed by atoms with Crippen LogP contribution in [0.5, 0.6) is 0 Å². The minimum absolute atomic E-state index is 0.146. The molecule has 3 heteroatoms. The molecule has 2 aliphatic heterocycles. The molecule has 3 nitrogen and oxygen atoms in total. The molecule has 0 aliphatic carbocycles. The zero-order valence-corrected chi connectivity index (χ0v) is 8.76. The highest BCUT2D eigenvalue weighted by atomic mass is 16.6. The summed E-state index contributed by atoms with van der Waals surface area (Å²) in [5, 5.41) is 0. The lowest BCUT2D eigenvalue weighted by Gasteiger charge is -2.30. The van der Waals surface area contributed by atoms with Gasteiger partial charge in [-0.25, -0.2) is 4.79 Å². The van der Waals surface area contributed by atoms with Crippen molar-refractivity contribution >= 4 is 5.97 Å². The third-order valence-corrected chi connectivity index (χ3v) is 3.00. The summed E-state index contributed by atoms with van der Waals surface area (Å²) >= 11 is 0. The van der Waals surface area contributed by atoms with E-state index in [0.717, 1.165) is 17.6 Å². The molecule has 1 saturated heterocycles. The molecule has 1 aromatic rings. The van der Waals surface area contributed by atoms with Crippen molar-refractivity contribution in [3.05, 3.63) is 47.5 Å². The number of rotatable bonds is 1. The van der Waals surface area contributed by atoms with Gasteiger partial charge in [0.05, 0.1) is 6.61 Å². The van der Waals surface area contributed by atoms with Gasteiger partial charge in [-0.05, 0) is 17.6 Å². The van der Waals surface area contributed by atoms with Crippen LogP contribution in [0, 0.1) is 0 Å². The van der Waals surface area contributed by atoms with Crippen LogP contribution in [-0.4, -0.2) is 18.7 Å². The molecule has 2 atom stereocenters. The number of hydrogen-bond donors (Lipinski definition) is 0. The van der Waals surface area contributed by atoms with Gasteiger partial charge in [0.2, 0.25) is 0 Å². The quantitative estimate of drug-likeness (QED) is 0.673. The smallest absolute Gasteiger partial charge is 0.331 e. The van der Waals surface area contributed by atoms with E-state index in [1.165, 1.54) is 0 Å². The van der Waals surface area contributed by atoms with Gasteiger partial charge in [0.1, 0.15) is 6.10 Å². The van der Waals surface area contributed by atoms with Crippen LogP contribution in [0.1, 0.15) is 18.1 Å². The zero-order chi connectivity index (χ0) is 11.0. The molecule has 0 spiro atoms. The highest BCUT2D eigenvalue weighted by Crippen LogP contribution is 2.36. The number of fused-ring (bicyclic) bond motifs is 1. The highest BCUT2D eigenvalue weighted by molar-refractivity contribution is 5.86. The predicted molar refractivity (Wildman–Crippen MR) is 57.7 cm³/mol. The summed E-state index contributed by atoms with van der Waals surface area (Å²) in [5.74, 6) is -0.244. The Bertz CT molecular complexity index is 436. The van der Waals surface area contributed by atoms with Crippen molar-refractivity contribution in [2.75, 3.05) is 6.61 Å². The van der Waals surface area contributed by atoms with Crippen LogP contribution in [-0.2, 0) is 14.3 Å². The van der Waals surface area contributed by atoms with Crippen molar-refractivity contribution in [2.45, 2.75) is 18.6 Å². The first-order chi connectivity index (χ1) is 7.84. The van der Waals surface area contributed by atoms with Gasteiger partial charge in [0.25, 0.3) is 0 Å². The van der Waals surface area contributed by atoms with Gasteiger partial charge in [0, 0.05) is 6.08 Å². The van der Waals surface area contributed by atoms with Gasteiger partial charge in [-0.1, -0.05) is 30.3 Å². The van der Waals surface area contributed by atoms with Crippen molar-refractivity contribution in [1.82, 2.24) is 0 Å². The van der Waals surface area contributed by atoms with Crippen LogP contribution in [0.15, 0.2) is 42.0 Å². The van der Waals surface area contributed by atoms with Crippen LogP contribution in [0.25, 0.3) is 0 Å². The summed E-state index contributed by atoms with van der Waals surface area (Å²) in [6.07, 6.45) is 2.03. The summed E-state index contributed by atoms with van der Waals surface area (Å²) in [7, 11) is 0. The van der Waals surface area contributed by atoms with E-state index >= 15 is 0 Å². The maximum atomic E-state index is 11.2. The summed E-state index contributed by atoms with van der Waals surface area (Å²) in [4.78, 5) is 11.2. The van der Waals surface area contributed by atoms with E-state index in [1.54, 1.807) is 6.08 Å². The van der Waals surface area contributed by atoms with Crippen LogP contribution in [0.2, 0.25) is 0 Å². The first-order valence-electron chi connectivity index (χ1n) is 5.42.